The monoisotopic (exact) mass is 351 g/mol. The second-order valence-electron chi connectivity index (χ2n) is 6.19. The Bertz CT molecular complexity index is 988. The van der Waals surface area contributed by atoms with Crippen molar-refractivity contribution in [3.8, 4) is 11.4 Å². The van der Waals surface area contributed by atoms with E-state index in [1.165, 1.54) is 16.8 Å². The van der Waals surface area contributed by atoms with E-state index in [-0.39, 0.29) is 23.8 Å². The van der Waals surface area contributed by atoms with Crippen molar-refractivity contribution in [1.82, 2.24) is 14.8 Å². The molecule has 0 amide bonds. The van der Waals surface area contributed by atoms with Crippen LogP contribution in [0.15, 0.2) is 42.5 Å². The molecule has 130 valence electrons. The molecule has 2 heterocycles. The number of rotatable bonds is 4. The Labute approximate surface area is 149 Å². The van der Waals surface area contributed by atoms with Crippen molar-refractivity contribution in [2.45, 2.75) is 13.0 Å². The highest BCUT2D eigenvalue weighted by molar-refractivity contribution is 6.61. The maximum atomic E-state index is 13.1. The van der Waals surface area contributed by atoms with Crippen LogP contribution in [0, 0.1) is 5.82 Å². The van der Waals surface area contributed by atoms with Crippen LogP contribution in [0.5, 0.6) is 0 Å². The quantitative estimate of drug-likeness (QED) is 0.566. The summed E-state index contributed by atoms with van der Waals surface area (Å²) in [6.07, 6.45) is 0.134. The molecule has 0 radical (unpaired) electrons. The second kappa shape index (κ2) is 6.47. The number of fused-ring (bicyclic) bond motifs is 1. The van der Waals surface area contributed by atoms with Gasteiger partial charge in [0.05, 0.1) is 6.61 Å². The summed E-state index contributed by atoms with van der Waals surface area (Å²) in [6.45, 7) is 0.370. The van der Waals surface area contributed by atoms with Gasteiger partial charge < -0.3 is 9.68 Å². The van der Waals surface area contributed by atoms with E-state index in [1.807, 2.05) is 12.1 Å². The van der Waals surface area contributed by atoms with Crippen molar-refractivity contribution in [1.29, 1.82) is 0 Å². The molecule has 26 heavy (non-hydrogen) atoms. The lowest BCUT2D eigenvalue weighted by molar-refractivity contribution is 0.0979. The van der Waals surface area contributed by atoms with Crippen molar-refractivity contribution >= 4 is 18.4 Å². The zero-order valence-corrected chi connectivity index (χ0v) is 14.0. The first-order valence-corrected chi connectivity index (χ1v) is 8.13. The predicted octanol–water partition coefficient (Wildman–Crippen LogP) is 1.26. The summed E-state index contributed by atoms with van der Waals surface area (Å²) in [6, 6.07) is 11.3. The summed E-state index contributed by atoms with van der Waals surface area (Å²) in [7, 11) is 0.702. The summed E-state index contributed by atoms with van der Waals surface area (Å²) in [5.41, 5.74) is 3.02. The number of carbonyl (C=O) groups is 1. The van der Waals surface area contributed by atoms with Crippen LogP contribution in [0.4, 0.5) is 4.39 Å². The molecule has 0 fully saturated rings. The molecule has 0 bridgehead atoms. The zero-order valence-electron chi connectivity index (χ0n) is 14.0. The summed E-state index contributed by atoms with van der Waals surface area (Å²) in [4.78, 5) is 16.9. The van der Waals surface area contributed by atoms with Crippen molar-refractivity contribution in [3.63, 3.8) is 0 Å². The molecule has 0 unspecified atom stereocenters. The highest BCUT2D eigenvalue weighted by Gasteiger charge is 2.27. The van der Waals surface area contributed by atoms with Crippen LogP contribution in [0.2, 0.25) is 0 Å². The van der Waals surface area contributed by atoms with E-state index in [9.17, 15) is 14.2 Å². The third kappa shape index (κ3) is 3.04. The average molecular weight is 351 g/mol. The van der Waals surface area contributed by atoms with Gasteiger partial charge in [0, 0.05) is 19.0 Å². The van der Waals surface area contributed by atoms with Crippen LogP contribution in [-0.4, -0.2) is 32.7 Å². The van der Waals surface area contributed by atoms with Crippen molar-refractivity contribution in [2.75, 3.05) is 0 Å². The third-order valence-electron chi connectivity index (χ3n) is 4.35. The normalized spacial score (nSPS) is 13.1. The van der Waals surface area contributed by atoms with Gasteiger partial charge in [-0.25, -0.2) is 14.1 Å². The lowest BCUT2D eigenvalue weighted by Crippen LogP contribution is -2.28. The summed E-state index contributed by atoms with van der Waals surface area (Å²) in [5, 5.41) is 14.0. The number of hydrogen-bond donors (Lipinski definition) is 1. The van der Waals surface area contributed by atoms with E-state index in [0.29, 0.717) is 23.5 Å². The van der Waals surface area contributed by atoms with E-state index >= 15 is 0 Å². The lowest BCUT2D eigenvalue weighted by atomic mass is 9.78. The van der Waals surface area contributed by atoms with E-state index in [4.69, 9.17) is 4.65 Å². The largest absolute Gasteiger partial charge is 0.491 e. The predicted molar refractivity (Wildman–Crippen MR) is 93.3 cm³/mol. The number of ketones is 1. The van der Waals surface area contributed by atoms with Crippen LogP contribution in [-0.2, 0) is 24.7 Å². The fraction of sp³-hybridized carbons (Fsp3) is 0.167. The molecule has 2 aromatic carbocycles. The molecule has 0 atom stereocenters. The molecular formula is C18H15BFN3O3. The number of nitrogens with zero attached hydrogens (tertiary/aromatic N) is 3. The van der Waals surface area contributed by atoms with Crippen LogP contribution < -0.4 is 5.46 Å². The maximum absolute atomic E-state index is 13.1. The molecule has 0 saturated heterocycles. The van der Waals surface area contributed by atoms with Gasteiger partial charge in [0.25, 0.3) is 0 Å². The Morgan fingerprint density at radius 2 is 2.08 bits per heavy atom. The van der Waals surface area contributed by atoms with Gasteiger partial charge >= 0.3 is 7.12 Å². The SMILES string of the molecule is Cn1nc(-c2ccc(F)cc2)nc1C(=O)Cc1ccc2c(c1)B(O)OC2. The molecule has 0 aliphatic carbocycles. The molecule has 6 nitrogen and oxygen atoms in total. The molecule has 1 aromatic heterocycles. The minimum absolute atomic E-state index is 0.134. The smallest absolute Gasteiger partial charge is 0.423 e. The van der Waals surface area contributed by atoms with Crippen molar-refractivity contribution < 1.29 is 18.9 Å². The van der Waals surface area contributed by atoms with E-state index in [1.54, 1.807) is 25.2 Å². The Kier molecular flexibility index (Phi) is 4.14. The molecule has 1 aliphatic heterocycles. The van der Waals surface area contributed by atoms with Gasteiger partial charge in [-0.2, -0.15) is 5.10 Å². The highest BCUT2D eigenvalue weighted by atomic mass is 19.1. The number of hydrogen-bond acceptors (Lipinski definition) is 5. The fourth-order valence-electron chi connectivity index (χ4n) is 2.99. The molecule has 8 heteroatoms. The number of carbonyl (C=O) groups excluding carboxylic acids is 1. The van der Waals surface area contributed by atoms with Gasteiger partial charge in [-0.05, 0) is 40.9 Å². The number of aryl methyl sites for hydroxylation is 1. The molecule has 3 aromatic rings. The van der Waals surface area contributed by atoms with Gasteiger partial charge in [0.1, 0.15) is 5.82 Å². The number of aromatic nitrogens is 3. The summed E-state index contributed by atoms with van der Waals surface area (Å²) < 4.78 is 19.6. The van der Waals surface area contributed by atoms with E-state index < -0.39 is 7.12 Å². The molecule has 1 aliphatic rings. The Morgan fingerprint density at radius 1 is 1.31 bits per heavy atom. The number of halogens is 1. The molecule has 4 rings (SSSR count). The zero-order chi connectivity index (χ0) is 18.3. The maximum Gasteiger partial charge on any atom is 0.491 e. The first-order valence-electron chi connectivity index (χ1n) is 8.13. The summed E-state index contributed by atoms with van der Waals surface area (Å²) >= 11 is 0. The number of Topliss-reactive ketones (excluding diaryl/α,β-unsaturated/α-hetero) is 1. The van der Waals surface area contributed by atoms with E-state index in [2.05, 4.69) is 10.1 Å². The average Bonchev–Trinajstić information content (AvgIpc) is 3.19. The Balaban J connectivity index is 1.57. The minimum Gasteiger partial charge on any atom is -0.423 e. The van der Waals surface area contributed by atoms with Gasteiger partial charge in [-0.1, -0.05) is 18.2 Å². The highest BCUT2D eigenvalue weighted by Crippen LogP contribution is 2.17. The van der Waals surface area contributed by atoms with Crippen molar-refractivity contribution in [3.05, 3.63) is 65.2 Å². The molecular weight excluding hydrogens is 336 g/mol. The van der Waals surface area contributed by atoms with Gasteiger partial charge in [-0.15, -0.1) is 0 Å². The molecule has 1 N–H and O–H groups in total. The Morgan fingerprint density at radius 3 is 2.85 bits per heavy atom. The van der Waals surface area contributed by atoms with Crippen molar-refractivity contribution in [2.24, 2.45) is 7.05 Å². The van der Waals surface area contributed by atoms with Gasteiger partial charge in [0.2, 0.25) is 5.78 Å². The van der Waals surface area contributed by atoms with Crippen LogP contribution in [0.3, 0.4) is 0 Å². The second-order valence-corrected chi connectivity index (χ2v) is 6.19. The van der Waals surface area contributed by atoms with Gasteiger partial charge in [-0.3, -0.25) is 4.79 Å². The number of benzene rings is 2. The van der Waals surface area contributed by atoms with Crippen LogP contribution >= 0.6 is 0 Å². The first-order chi connectivity index (χ1) is 12.5. The molecule has 0 spiro atoms. The third-order valence-corrected chi connectivity index (χ3v) is 4.35. The Hall–Kier alpha value is -2.84. The van der Waals surface area contributed by atoms with Crippen LogP contribution in [0.1, 0.15) is 21.7 Å². The minimum atomic E-state index is -0.944. The van der Waals surface area contributed by atoms with E-state index in [0.717, 1.165) is 11.1 Å². The fourth-order valence-corrected chi connectivity index (χ4v) is 2.99. The van der Waals surface area contributed by atoms with Gasteiger partial charge in [0.15, 0.2) is 11.6 Å². The summed E-state index contributed by atoms with van der Waals surface area (Å²) in [5.74, 6) is 0.0562. The van der Waals surface area contributed by atoms with Crippen LogP contribution in [0.25, 0.3) is 11.4 Å². The standard InChI is InChI=1S/C18H15BFN3O3/c1-23-18(21-17(22-23)12-4-6-14(20)7-5-12)16(24)9-11-2-3-13-10-26-19(25)15(13)8-11/h2-8,25H,9-10H2,1H3. The first kappa shape index (κ1) is 16.6. The molecule has 0 saturated carbocycles. The topological polar surface area (TPSA) is 77.2 Å². The lowest BCUT2D eigenvalue weighted by Gasteiger charge is -2.04.